The van der Waals surface area contributed by atoms with Gasteiger partial charge in [0.25, 0.3) is 5.91 Å². The molecule has 0 bridgehead atoms. The van der Waals surface area contributed by atoms with Crippen LogP contribution < -0.4 is 5.32 Å². The van der Waals surface area contributed by atoms with Gasteiger partial charge in [-0.1, -0.05) is 18.3 Å². The van der Waals surface area contributed by atoms with E-state index < -0.39 is 22.7 Å². The number of alkyl halides is 3. The molecule has 1 amide bonds. The molecule has 1 N–H and O–H groups in total. The maximum absolute atomic E-state index is 12.6. The molecular weight excluding hydrogens is 301 g/mol. The van der Waals surface area contributed by atoms with Crippen LogP contribution in [0.25, 0.3) is 0 Å². The number of thiazole rings is 1. The molecule has 0 spiro atoms. The molecule has 19 heavy (non-hydrogen) atoms. The van der Waals surface area contributed by atoms with Crippen molar-refractivity contribution < 1.29 is 18.0 Å². The molecule has 2 rings (SSSR count). The van der Waals surface area contributed by atoms with Gasteiger partial charge in [-0.05, 0) is 6.42 Å². The smallest absolute Gasteiger partial charge is 0.296 e. The first-order valence-corrected chi connectivity index (χ1v) is 6.75. The number of amides is 1. The fourth-order valence-corrected chi connectivity index (χ4v) is 2.59. The highest BCUT2D eigenvalue weighted by Crippen LogP contribution is 2.33. The van der Waals surface area contributed by atoms with Gasteiger partial charge in [-0.25, -0.2) is 4.98 Å². The van der Waals surface area contributed by atoms with Crippen LogP contribution in [0.4, 0.5) is 18.3 Å². The molecule has 0 atom stereocenters. The summed E-state index contributed by atoms with van der Waals surface area (Å²) in [6.07, 6.45) is -4.01. The molecule has 0 fully saturated rings. The van der Waals surface area contributed by atoms with Gasteiger partial charge in [0.1, 0.15) is 9.88 Å². The highest BCUT2D eigenvalue weighted by Gasteiger charge is 2.38. The summed E-state index contributed by atoms with van der Waals surface area (Å²) in [5.41, 5.74) is -0.204. The molecule has 0 saturated heterocycles. The van der Waals surface area contributed by atoms with Gasteiger partial charge in [0.15, 0.2) is 5.69 Å². The molecule has 0 radical (unpaired) electrons. The fourth-order valence-electron chi connectivity index (χ4n) is 1.21. The molecule has 2 aromatic rings. The topological polar surface area (TPSA) is 67.8 Å². The van der Waals surface area contributed by atoms with Gasteiger partial charge in [-0.2, -0.15) is 13.2 Å². The number of halogens is 3. The summed E-state index contributed by atoms with van der Waals surface area (Å²) in [5.74, 6) is -0.881. The average molecular weight is 308 g/mol. The molecule has 2 aromatic heterocycles. The zero-order valence-corrected chi connectivity index (χ0v) is 11.1. The molecule has 0 aromatic carbocycles. The Morgan fingerprint density at radius 2 is 2.16 bits per heavy atom. The molecule has 102 valence electrons. The molecule has 0 aliphatic heterocycles. The quantitative estimate of drug-likeness (QED) is 0.946. The summed E-state index contributed by atoms with van der Waals surface area (Å²) in [5, 5.41) is 10.6. The molecule has 0 saturated carbocycles. The Morgan fingerprint density at radius 3 is 2.74 bits per heavy atom. The molecule has 2 heterocycles. The second kappa shape index (κ2) is 5.21. The maximum Gasteiger partial charge on any atom is 0.434 e. The van der Waals surface area contributed by atoms with Crippen molar-refractivity contribution in [3.8, 4) is 0 Å². The summed E-state index contributed by atoms with van der Waals surface area (Å²) in [4.78, 5) is 14.4. The Kier molecular flexibility index (Phi) is 3.80. The highest BCUT2D eigenvalue weighted by molar-refractivity contribution is 7.15. The van der Waals surface area contributed by atoms with Gasteiger partial charge < -0.3 is 0 Å². The number of aryl methyl sites for hydroxylation is 1. The van der Waals surface area contributed by atoms with Gasteiger partial charge in [-0.3, -0.25) is 10.1 Å². The normalized spacial score (nSPS) is 11.6. The SMILES string of the molecule is CCc1nnc(NC(=O)c2scnc2C(F)(F)F)s1. The third kappa shape index (κ3) is 3.07. The fraction of sp³-hybridized carbons (Fsp3) is 0.333. The number of hydrogen-bond acceptors (Lipinski definition) is 6. The van der Waals surface area contributed by atoms with Gasteiger partial charge in [0.2, 0.25) is 5.13 Å². The highest BCUT2D eigenvalue weighted by atomic mass is 32.1. The molecular formula is C9H7F3N4OS2. The van der Waals surface area contributed by atoms with Crippen LogP contribution in [0, 0.1) is 0 Å². The minimum Gasteiger partial charge on any atom is -0.296 e. The van der Waals surface area contributed by atoms with Crippen molar-refractivity contribution in [1.82, 2.24) is 15.2 Å². The lowest BCUT2D eigenvalue weighted by Gasteiger charge is -2.05. The summed E-state index contributed by atoms with van der Waals surface area (Å²) in [7, 11) is 0. The van der Waals surface area contributed by atoms with E-state index in [4.69, 9.17) is 0 Å². The first kappa shape index (κ1) is 13.9. The van der Waals surface area contributed by atoms with Crippen LogP contribution in [0.5, 0.6) is 0 Å². The van der Waals surface area contributed by atoms with E-state index in [-0.39, 0.29) is 5.13 Å². The standard InChI is InChI=1S/C9H7F3N4OS2/c1-2-4-15-16-8(19-4)14-7(17)5-6(9(10,11)12)13-3-18-5/h3H,2H2,1H3,(H,14,16,17). The molecule has 0 unspecified atom stereocenters. The zero-order chi connectivity index (χ0) is 14.0. The molecule has 10 heteroatoms. The van der Waals surface area contributed by atoms with E-state index >= 15 is 0 Å². The Bertz CT molecular complexity index is 592. The van der Waals surface area contributed by atoms with Crippen LogP contribution in [-0.2, 0) is 12.6 Å². The number of carbonyl (C=O) groups is 1. The average Bonchev–Trinajstić information content (AvgIpc) is 2.95. The molecule has 5 nitrogen and oxygen atoms in total. The lowest BCUT2D eigenvalue weighted by atomic mass is 10.3. The van der Waals surface area contributed by atoms with E-state index in [0.29, 0.717) is 22.8 Å². The van der Waals surface area contributed by atoms with Crippen LogP contribution in [0.3, 0.4) is 0 Å². The summed E-state index contributed by atoms with van der Waals surface area (Å²) >= 11 is 1.75. The first-order valence-electron chi connectivity index (χ1n) is 5.06. The van der Waals surface area contributed by atoms with Crippen molar-refractivity contribution in [2.45, 2.75) is 19.5 Å². The number of aromatic nitrogens is 3. The third-order valence-corrected chi connectivity index (χ3v) is 3.84. The van der Waals surface area contributed by atoms with Crippen molar-refractivity contribution in [3.63, 3.8) is 0 Å². The van der Waals surface area contributed by atoms with Gasteiger partial charge >= 0.3 is 6.18 Å². The number of nitrogens with one attached hydrogen (secondary N) is 1. The molecule has 0 aliphatic carbocycles. The molecule has 0 aliphatic rings. The van der Waals surface area contributed by atoms with E-state index in [1.807, 2.05) is 6.92 Å². The van der Waals surface area contributed by atoms with Crippen molar-refractivity contribution in [2.24, 2.45) is 0 Å². The van der Waals surface area contributed by atoms with Crippen LogP contribution >= 0.6 is 22.7 Å². The summed E-state index contributed by atoms with van der Waals surface area (Å²) < 4.78 is 37.7. The van der Waals surface area contributed by atoms with E-state index in [1.54, 1.807) is 0 Å². The van der Waals surface area contributed by atoms with Crippen molar-refractivity contribution >= 4 is 33.7 Å². The van der Waals surface area contributed by atoms with Gasteiger partial charge in [0.05, 0.1) is 5.51 Å². The number of nitrogens with zero attached hydrogens (tertiary/aromatic N) is 3. The first-order chi connectivity index (χ1) is 8.91. The maximum atomic E-state index is 12.6. The van der Waals surface area contributed by atoms with E-state index in [0.717, 1.165) is 16.8 Å². The van der Waals surface area contributed by atoms with E-state index in [9.17, 15) is 18.0 Å². The van der Waals surface area contributed by atoms with Crippen LogP contribution in [0.15, 0.2) is 5.51 Å². The van der Waals surface area contributed by atoms with Crippen molar-refractivity contribution in [2.75, 3.05) is 5.32 Å². The van der Waals surface area contributed by atoms with Crippen LogP contribution in [-0.4, -0.2) is 21.1 Å². The summed E-state index contributed by atoms with van der Waals surface area (Å²) in [6.45, 7) is 1.86. The minimum atomic E-state index is -4.65. The Morgan fingerprint density at radius 1 is 1.42 bits per heavy atom. The predicted octanol–water partition coefficient (Wildman–Crippen LogP) is 2.83. The lowest BCUT2D eigenvalue weighted by molar-refractivity contribution is -0.141. The number of carbonyl (C=O) groups excluding carboxylic acids is 1. The minimum absolute atomic E-state index is 0.170. The van der Waals surface area contributed by atoms with Gasteiger partial charge in [-0.15, -0.1) is 21.5 Å². The van der Waals surface area contributed by atoms with E-state index in [2.05, 4.69) is 20.5 Å². The number of anilines is 1. The monoisotopic (exact) mass is 308 g/mol. The van der Waals surface area contributed by atoms with Gasteiger partial charge in [0, 0.05) is 0 Å². The van der Waals surface area contributed by atoms with E-state index in [1.165, 1.54) is 0 Å². The van der Waals surface area contributed by atoms with Crippen molar-refractivity contribution in [1.29, 1.82) is 0 Å². The number of hydrogen-bond donors (Lipinski definition) is 1. The van der Waals surface area contributed by atoms with Crippen LogP contribution in [0.1, 0.15) is 27.3 Å². The Labute approximate surface area is 113 Å². The third-order valence-electron chi connectivity index (χ3n) is 2.03. The largest absolute Gasteiger partial charge is 0.434 e. The Hall–Kier alpha value is -1.55. The zero-order valence-electron chi connectivity index (χ0n) is 9.48. The van der Waals surface area contributed by atoms with Crippen LogP contribution in [0.2, 0.25) is 0 Å². The summed E-state index contributed by atoms with van der Waals surface area (Å²) in [6, 6.07) is 0. The predicted molar refractivity (Wildman–Crippen MR) is 64.4 cm³/mol. The lowest BCUT2D eigenvalue weighted by Crippen LogP contribution is -2.17. The Balaban J connectivity index is 2.19. The second-order valence-electron chi connectivity index (χ2n) is 3.34. The number of rotatable bonds is 3. The van der Waals surface area contributed by atoms with Crippen molar-refractivity contribution in [3.05, 3.63) is 21.1 Å². The second-order valence-corrected chi connectivity index (χ2v) is 5.25.